The van der Waals surface area contributed by atoms with Gasteiger partial charge in [0.05, 0.1) is 29.0 Å². The Labute approximate surface area is 186 Å². The molecule has 1 heterocycles. The first-order valence-electron chi connectivity index (χ1n) is 9.36. The van der Waals surface area contributed by atoms with Gasteiger partial charge in [-0.2, -0.15) is 14.8 Å². The third-order valence-electron chi connectivity index (χ3n) is 4.77. The second kappa shape index (κ2) is 9.72. The Bertz CT molecular complexity index is 1150. The smallest absolute Gasteiger partial charge is 0.215 e. The predicted molar refractivity (Wildman–Crippen MR) is 119 cm³/mol. The van der Waals surface area contributed by atoms with Gasteiger partial charge < -0.3 is 0 Å². The van der Waals surface area contributed by atoms with Crippen molar-refractivity contribution in [1.29, 1.82) is 10.5 Å². The Morgan fingerprint density at radius 3 is 1.65 bits per heavy atom. The molecule has 156 valence electrons. The highest BCUT2D eigenvalue weighted by Gasteiger charge is 2.32. The minimum atomic E-state index is -3.65. The molecule has 0 saturated carbocycles. The number of alkyl halides is 1. The van der Waals surface area contributed by atoms with Gasteiger partial charge in [-0.25, -0.2) is 8.42 Å². The van der Waals surface area contributed by atoms with Crippen LogP contribution >= 0.6 is 11.6 Å². The minimum Gasteiger partial charge on any atom is -0.289 e. The number of nitriles is 2. The lowest BCUT2D eigenvalue weighted by molar-refractivity contribution is -0.113. The molecule has 1 aliphatic rings. The highest BCUT2D eigenvalue weighted by atomic mass is 35.5. The van der Waals surface area contributed by atoms with Crippen LogP contribution in [0.5, 0.6) is 0 Å². The van der Waals surface area contributed by atoms with Crippen LogP contribution in [0.1, 0.15) is 22.3 Å². The van der Waals surface area contributed by atoms with Crippen LogP contribution in [0, 0.1) is 22.7 Å². The molecule has 1 fully saturated rings. The topological polar surface area (TPSA) is 102 Å². The van der Waals surface area contributed by atoms with Gasteiger partial charge in [0.1, 0.15) is 0 Å². The Balaban J connectivity index is 2.02. The Morgan fingerprint density at radius 2 is 1.29 bits per heavy atom. The van der Waals surface area contributed by atoms with E-state index in [4.69, 9.17) is 22.1 Å². The first kappa shape index (κ1) is 22.5. The number of carbonyl (C=O) groups excluding carboxylic acids is 1. The number of ketones is 1. The molecule has 0 aliphatic carbocycles. The van der Waals surface area contributed by atoms with Gasteiger partial charge in [-0.15, -0.1) is 11.6 Å². The maximum absolute atomic E-state index is 13.1. The summed E-state index contributed by atoms with van der Waals surface area (Å²) >= 11 is 5.67. The lowest BCUT2D eigenvalue weighted by Crippen LogP contribution is -2.42. The fourth-order valence-corrected chi connectivity index (χ4v) is 4.85. The van der Waals surface area contributed by atoms with E-state index in [1.165, 1.54) is 4.31 Å². The normalized spacial score (nSPS) is 17.5. The van der Waals surface area contributed by atoms with E-state index in [-0.39, 0.29) is 30.5 Å². The van der Waals surface area contributed by atoms with E-state index < -0.39 is 10.0 Å². The van der Waals surface area contributed by atoms with Gasteiger partial charge in [-0.3, -0.25) is 4.79 Å². The zero-order chi connectivity index (χ0) is 22.4. The molecule has 0 atom stereocenters. The van der Waals surface area contributed by atoms with Crippen LogP contribution in [0.3, 0.4) is 0 Å². The summed E-state index contributed by atoms with van der Waals surface area (Å²) in [6.07, 6.45) is 3.27. The monoisotopic (exact) mass is 451 g/mol. The molecule has 2 aromatic rings. The summed E-state index contributed by atoms with van der Waals surface area (Å²) < 4.78 is 26.6. The molecule has 0 aromatic heterocycles. The number of nitrogens with zero attached hydrogens (tertiary/aromatic N) is 3. The van der Waals surface area contributed by atoms with Crippen LogP contribution in [-0.2, 0) is 14.8 Å². The minimum absolute atomic E-state index is 0.0455. The zero-order valence-electron chi connectivity index (χ0n) is 16.5. The van der Waals surface area contributed by atoms with Crippen molar-refractivity contribution in [3.63, 3.8) is 0 Å². The van der Waals surface area contributed by atoms with Crippen molar-refractivity contribution in [1.82, 2.24) is 4.31 Å². The third kappa shape index (κ3) is 5.48. The fourth-order valence-electron chi connectivity index (χ4n) is 3.14. The van der Waals surface area contributed by atoms with Gasteiger partial charge in [-0.05, 0) is 47.5 Å². The average molecular weight is 452 g/mol. The number of sulfonamides is 1. The lowest BCUT2D eigenvalue weighted by atomic mass is 9.95. The van der Waals surface area contributed by atoms with Gasteiger partial charge in [0.25, 0.3) is 0 Å². The highest BCUT2D eigenvalue weighted by molar-refractivity contribution is 7.89. The van der Waals surface area contributed by atoms with E-state index in [1.807, 2.05) is 12.1 Å². The van der Waals surface area contributed by atoms with Crippen LogP contribution in [-0.4, -0.2) is 43.2 Å². The number of piperidine rings is 1. The number of Topliss-reactive ketones (excluding diaryl/α,β-unsaturated/α-hetero) is 1. The van der Waals surface area contributed by atoms with Gasteiger partial charge in [-0.1, -0.05) is 24.3 Å². The maximum Gasteiger partial charge on any atom is 0.215 e. The summed E-state index contributed by atoms with van der Waals surface area (Å²) in [6.45, 7) is -0.106. The molecule has 0 N–H and O–H groups in total. The van der Waals surface area contributed by atoms with Gasteiger partial charge in [0, 0.05) is 30.1 Å². The molecule has 0 radical (unpaired) electrons. The summed E-state index contributed by atoms with van der Waals surface area (Å²) in [5.41, 5.74) is 3.02. The second-order valence-electron chi connectivity index (χ2n) is 6.91. The Kier molecular flexibility index (Phi) is 7.04. The Morgan fingerprint density at radius 1 is 0.871 bits per heavy atom. The molecular formula is C23H18ClN3O3S. The van der Waals surface area contributed by atoms with E-state index in [0.717, 1.165) is 0 Å². The fraction of sp³-hybridized carbons (Fsp3) is 0.174. The van der Waals surface area contributed by atoms with E-state index in [9.17, 15) is 13.2 Å². The molecule has 8 heteroatoms. The van der Waals surface area contributed by atoms with Crippen LogP contribution in [0.25, 0.3) is 12.2 Å². The van der Waals surface area contributed by atoms with E-state index in [1.54, 1.807) is 60.7 Å². The average Bonchev–Trinajstić information content (AvgIpc) is 2.77. The van der Waals surface area contributed by atoms with E-state index >= 15 is 0 Å². The molecule has 1 aliphatic heterocycles. The van der Waals surface area contributed by atoms with Crippen molar-refractivity contribution in [2.24, 2.45) is 0 Å². The summed E-state index contributed by atoms with van der Waals surface area (Å²) in [6, 6.07) is 17.4. The quantitative estimate of drug-likeness (QED) is 0.512. The van der Waals surface area contributed by atoms with Crippen LogP contribution < -0.4 is 0 Å². The third-order valence-corrected chi connectivity index (χ3v) is 6.94. The molecule has 0 bridgehead atoms. The van der Waals surface area contributed by atoms with Crippen molar-refractivity contribution in [2.75, 3.05) is 24.7 Å². The molecular weight excluding hydrogens is 434 g/mol. The van der Waals surface area contributed by atoms with Crippen molar-refractivity contribution in [3.8, 4) is 12.1 Å². The number of rotatable bonds is 5. The number of carbonyl (C=O) groups is 1. The van der Waals surface area contributed by atoms with Crippen LogP contribution in [0.4, 0.5) is 0 Å². The molecule has 0 unspecified atom stereocenters. The SMILES string of the molecule is N#Cc1ccc(/C=C2\CN(S(=O)(=O)CCCl)C/C(=C\c3ccc(C#N)cc3)C2=O)cc1. The van der Waals surface area contributed by atoms with E-state index in [2.05, 4.69) is 0 Å². The summed E-state index contributed by atoms with van der Waals surface area (Å²) in [7, 11) is -3.65. The largest absolute Gasteiger partial charge is 0.289 e. The molecule has 0 amide bonds. The number of hydrogen-bond donors (Lipinski definition) is 0. The molecule has 31 heavy (non-hydrogen) atoms. The standard InChI is InChI=1S/C23H18ClN3O3S/c24-9-10-31(29,30)27-15-21(11-17-1-5-19(13-25)6-2-17)23(28)22(16-27)12-18-3-7-20(14-26)8-4-18/h1-8,11-12H,9-10,15-16H2/b21-11+,22-12+. The van der Waals surface area contributed by atoms with Crippen LogP contribution in [0.15, 0.2) is 59.7 Å². The predicted octanol–water partition coefficient (Wildman–Crippen LogP) is 3.35. The van der Waals surface area contributed by atoms with Gasteiger partial charge >= 0.3 is 0 Å². The number of halogens is 1. The maximum atomic E-state index is 13.1. The molecule has 3 rings (SSSR count). The first-order valence-corrected chi connectivity index (χ1v) is 11.5. The van der Waals surface area contributed by atoms with E-state index in [0.29, 0.717) is 33.4 Å². The van der Waals surface area contributed by atoms with Crippen molar-refractivity contribution in [3.05, 3.63) is 81.9 Å². The molecule has 2 aromatic carbocycles. The number of benzene rings is 2. The Hall–Kier alpha value is -3.23. The van der Waals surface area contributed by atoms with Crippen molar-refractivity contribution in [2.45, 2.75) is 0 Å². The molecule has 1 saturated heterocycles. The van der Waals surface area contributed by atoms with Gasteiger partial charge in [0.2, 0.25) is 10.0 Å². The lowest BCUT2D eigenvalue weighted by Gasteiger charge is -2.29. The zero-order valence-corrected chi connectivity index (χ0v) is 18.0. The summed E-state index contributed by atoms with van der Waals surface area (Å²) in [5, 5.41) is 17.9. The van der Waals surface area contributed by atoms with Crippen LogP contribution in [0.2, 0.25) is 0 Å². The summed E-state index contributed by atoms with van der Waals surface area (Å²) in [4.78, 5) is 13.1. The summed E-state index contributed by atoms with van der Waals surface area (Å²) in [5.74, 6) is -0.515. The highest BCUT2D eigenvalue weighted by Crippen LogP contribution is 2.24. The molecule has 0 spiro atoms. The van der Waals surface area contributed by atoms with Crippen molar-refractivity contribution < 1.29 is 13.2 Å². The van der Waals surface area contributed by atoms with Gasteiger partial charge in [0.15, 0.2) is 5.78 Å². The second-order valence-corrected chi connectivity index (χ2v) is 9.38. The number of hydrogen-bond acceptors (Lipinski definition) is 5. The molecule has 6 nitrogen and oxygen atoms in total. The first-order chi connectivity index (χ1) is 14.9. The van der Waals surface area contributed by atoms with Crippen molar-refractivity contribution >= 4 is 39.6 Å².